The van der Waals surface area contributed by atoms with Gasteiger partial charge in [-0.1, -0.05) is 24.1 Å². The van der Waals surface area contributed by atoms with Crippen LogP contribution in [0.4, 0.5) is 0 Å². The predicted octanol–water partition coefficient (Wildman–Crippen LogP) is 3.35. The highest BCUT2D eigenvalue weighted by Crippen LogP contribution is 2.41. The molecule has 3 heteroatoms. The summed E-state index contributed by atoms with van der Waals surface area (Å²) in [4.78, 5) is 0. The van der Waals surface area contributed by atoms with Crippen LogP contribution in [0.1, 0.15) is 48.4 Å². The molecule has 1 fully saturated rings. The van der Waals surface area contributed by atoms with Crippen LogP contribution in [0.5, 0.6) is 5.75 Å². The summed E-state index contributed by atoms with van der Waals surface area (Å²) >= 11 is 6.29. The molecule has 0 radical (unpaired) electrons. The maximum atomic E-state index is 10.2. The van der Waals surface area contributed by atoms with Crippen LogP contribution in [-0.4, -0.2) is 11.7 Å². The first-order valence-electron chi connectivity index (χ1n) is 6.54. The molecule has 0 bridgehead atoms. The van der Waals surface area contributed by atoms with Crippen molar-refractivity contribution in [3.05, 3.63) is 27.8 Å². The van der Waals surface area contributed by atoms with Gasteiger partial charge in [0.1, 0.15) is 5.75 Å². The molecule has 1 saturated heterocycles. The highest BCUT2D eigenvalue weighted by molar-refractivity contribution is 6.33. The number of nitrogens with one attached hydrogen (secondary N) is 1. The molecule has 0 saturated carbocycles. The van der Waals surface area contributed by atoms with E-state index in [1.165, 1.54) is 24.0 Å². The minimum Gasteiger partial charge on any atom is -0.506 e. The van der Waals surface area contributed by atoms with Gasteiger partial charge in [0.05, 0.1) is 5.02 Å². The molecule has 92 valence electrons. The summed E-state index contributed by atoms with van der Waals surface area (Å²) < 4.78 is 0. The van der Waals surface area contributed by atoms with E-state index in [1.807, 2.05) is 0 Å². The molecule has 17 heavy (non-hydrogen) atoms. The molecule has 0 spiro atoms. The van der Waals surface area contributed by atoms with Gasteiger partial charge in [-0.25, -0.2) is 0 Å². The highest BCUT2D eigenvalue weighted by Gasteiger charge is 2.24. The normalized spacial score (nSPS) is 23.7. The Morgan fingerprint density at radius 1 is 1.24 bits per heavy atom. The first kappa shape index (κ1) is 11.4. The largest absolute Gasteiger partial charge is 0.506 e. The van der Waals surface area contributed by atoms with Crippen molar-refractivity contribution in [2.75, 3.05) is 6.54 Å². The second kappa shape index (κ2) is 4.51. The number of hydrogen-bond donors (Lipinski definition) is 2. The number of aryl methyl sites for hydroxylation is 1. The molecule has 1 aromatic carbocycles. The maximum Gasteiger partial charge on any atom is 0.139 e. The molecule has 1 unspecified atom stereocenters. The Balaban J connectivity index is 2.01. The van der Waals surface area contributed by atoms with Gasteiger partial charge in [0.25, 0.3) is 0 Å². The Labute approximate surface area is 107 Å². The second-order valence-electron chi connectivity index (χ2n) is 5.12. The van der Waals surface area contributed by atoms with Crippen molar-refractivity contribution in [1.29, 1.82) is 0 Å². The van der Waals surface area contributed by atoms with Gasteiger partial charge in [0.15, 0.2) is 0 Å². The predicted molar refractivity (Wildman–Crippen MR) is 69.7 cm³/mol. The molecular weight excluding hydrogens is 234 g/mol. The second-order valence-corrected chi connectivity index (χ2v) is 5.50. The first-order valence-corrected chi connectivity index (χ1v) is 6.91. The quantitative estimate of drug-likeness (QED) is 0.802. The molecular formula is C14H18ClNO. The van der Waals surface area contributed by atoms with Crippen molar-refractivity contribution in [2.24, 2.45) is 0 Å². The third-order valence-corrected chi connectivity index (χ3v) is 4.43. The highest BCUT2D eigenvalue weighted by atomic mass is 35.5. The van der Waals surface area contributed by atoms with Crippen molar-refractivity contribution in [2.45, 2.75) is 44.6 Å². The van der Waals surface area contributed by atoms with E-state index in [0.29, 0.717) is 10.8 Å². The molecule has 2 aliphatic rings. The number of phenols is 1. The first-order chi connectivity index (χ1) is 8.27. The average molecular weight is 252 g/mol. The Bertz CT molecular complexity index is 438. The summed E-state index contributed by atoms with van der Waals surface area (Å²) in [5.41, 5.74) is 3.52. The lowest BCUT2D eigenvalue weighted by Crippen LogP contribution is -2.27. The van der Waals surface area contributed by atoms with E-state index in [1.54, 1.807) is 0 Å². The van der Waals surface area contributed by atoms with E-state index in [2.05, 4.69) is 11.4 Å². The lowest BCUT2D eigenvalue weighted by Gasteiger charge is -2.25. The lowest BCUT2D eigenvalue weighted by molar-refractivity contribution is 0.390. The summed E-state index contributed by atoms with van der Waals surface area (Å²) in [5.74, 6) is 0.312. The fourth-order valence-corrected chi connectivity index (χ4v) is 3.41. The van der Waals surface area contributed by atoms with Gasteiger partial charge in [-0.15, -0.1) is 0 Å². The van der Waals surface area contributed by atoms with Crippen molar-refractivity contribution in [1.82, 2.24) is 5.32 Å². The van der Waals surface area contributed by atoms with Crippen LogP contribution >= 0.6 is 11.6 Å². The summed E-state index contributed by atoms with van der Waals surface area (Å²) in [5, 5.41) is 14.3. The van der Waals surface area contributed by atoms with Gasteiger partial charge in [-0.3, -0.25) is 0 Å². The van der Waals surface area contributed by atoms with Gasteiger partial charge in [0.2, 0.25) is 0 Å². The van der Waals surface area contributed by atoms with Crippen molar-refractivity contribution in [3.8, 4) is 5.75 Å². The number of benzene rings is 1. The molecule has 1 atom stereocenters. The van der Waals surface area contributed by atoms with Crippen LogP contribution in [0.2, 0.25) is 5.02 Å². The number of piperidine rings is 1. The molecule has 2 N–H and O–H groups in total. The number of rotatable bonds is 1. The van der Waals surface area contributed by atoms with Crippen molar-refractivity contribution >= 4 is 11.6 Å². The van der Waals surface area contributed by atoms with Crippen LogP contribution in [0.25, 0.3) is 0 Å². The van der Waals surface area contributed by atoms with E-state index in [4.69, 9.17) is 11.6 Å². The zero-order valence-electron chi connectivity index (χ0n) is 9.93. The van der Waals surface area contributed by atoms with E-state index in [0.717, 1.165) is 37.8 Å². The van der Waals surface area contributed by atoms with Gasteiger partial charge >= 0.3 is 0 Å². The number of phenolic OH excluding ortho intramolecular Hbond substituents is 1. The molecule has 1 aromatic rings. The van der Waals surface area contributed by atoms with E-state index < -0.39 is 0 Å². The van der Waals surface area contributed by atoms with Crippen LogP contribution in [0.3, 0.4) is 0 Å². The fourth-order valence-electron chi connectivity index (χ4n) is 3.09. The molecule has 0 aromatic heterocycles. The van der Waals surface area contributed by atoms with Crippen molar-refractivity contribution < 1.29 is 5.11 Å². The van der Waals surface area contributed by atoms with Crippen LogP contribution < -0.4 is 5.32 Å². The molecule has 2 nitrogen and oxygen atoms in total. The van der Waals surface area contributed by atoms with Crippen molar-refractivity contribution in [3.63, 3.8) is 0 Å². The molecule has 1 aliphatic carbocycles. The zero-order chi connectivity index (χ0) is 11.8. The lowest BCUT2D eigenvalue weighted by atomic mass is 9.94. The Morgan fingerprint density at radius 2 is 2.12 bits per heavy atom. The van der Waals surface area contributed by atoms with Gasteiger partial charge in [-0.2, -0.15) is 0 Å². The summed E-state index contributed by atoms with van der Waals surface area (Å²) in [6.07, 6.45) is 6.84. The van der Waals surface area contributed by atoms with Gasteiger partial charge < -0.3 is 10.4 Å². The molecule has 1 heterocycles. The minimum absolute atomic E-state index is 0.284. The SMILES string of the molecule is Oc1c(C2CCCCN2)cc2c(c1Cl)CCC2. The topological polar surface area (TPSA) is 32.3 Å². The van der Waals surface area contributed by atoms with Gasteiger partial charge in [0, 0.05) is 11.6 Å². The summed E-state index contributed by atoms with van der Waals surface area (Å²) in [6.45, 7) is 1.04. The number of fused-ring (bicyclic) bond motifs is 1. The number of hydrogen-bond acceptors (Lipinski definition) is 2. The Hall–Kier alpha value is -0.730. The number of aromatic hydroxyl groups is 1. The Morgan fingerprint density at radius 3 is 2.88 bits per heavy atom. The monoisotopic (exact) mass is 251 g/mol. The fraction of sp³-hybridized carbons (Fsp3) is 0.571. The minimum atomic E-state index is 0.284. The van der Waals surface area contributed by atoms with Gasteiger partial charge in [-0.05, 0) is 49.8 Å². The third kappa shape index (κ3) is 1.94. The summed E-state index contributed by atoms with van der Waals surface area (Å²) in [7, 11) is 0. The number of halogens is 1. The van der Waals surface area contributed by atoms with E-state index >= 15 is 0 Å². The summed E-state index contributed by atoms with van der Waals surface area (Å²) in [6, 6.07) is 2.46. The smallest absolute Gasteiger partial charge is 0.139 e. The van der Waals surface area contributed by atoms with E-state index in [-0.39, 0.29) is 6.04 Å². The van der Waals surface area contributed by atoms with Crippen LogP contribution in [0.15, 0.2) is 6.07 Å². The van der Waals surface area contributed by atoms with E-state index in [9.17, 15) is 5.11 Å². The standard InChI is InChI=1S/C14H18ClNO/c15-13-10-5-3-4-9(10)8-11(14(13)17)12-6-1-2-7-16-12/h8,12,16-17H,1-7H2. The van der Waals surface area contributed by atoms with Crippen LogP contribution in [-0.2, 0) is 12.8 Å². The molecule has 0 amide bonds. The Kier molecular flexibility index (Phi) is 3.01. The molecule has 1 aliphatic heterocycles. The average Bonchev–Trinajstić information content (AvgIpc) is 2.83. The third-order valence-electron chi connectivity index (χ3n) is 4.02. The zero-order valence-corrected chi connectivity index (χ0v) is 10.7. The molecule has 3 rings (SSSR count). The van der Waals surface area contributed by atoms with Crippen LogP contribution in [0, 0.1) is 0 Å². The maximum absolute atomic E-state index is 10.2.